The average molecular weight is 349 g/mol. The van der Waals surface area contributed by atoms with Crippen molar-refractivity contribution in [1.29, 1.82) is 5.26 Å². The highest BCUT2D eigenvalue weighted by Gasteiger charge is 2.31. The van der Waals surface area contributed by atoms with Crippen LogP contribution in [0.5, 0.6) is 0 Å². The molecule has 8 heteroatoms. The van der Waals surface area contributed by atoms with Gasteiger partial charge < -0.3 is 9.47 Å². The summed E-state index contributed by atoms with van der Waals surface area (Å²) in [7, 11) is 1.22. The molecule has 0 spiro atoms. The summed E-state index contributed by atoms with van der Waals surface area (Å²) in [5.74, 6) is -0.713. The van der Waals surface area contributed by atoms with Gasteiger partial charge in [-0.3, -0.25) is 4.84 Å². The van der Waals surface area contributed by atoms with Crippen LogP contribution in [0.25, 0.3) is 0 Å². The fourth-order valence-corrected chi connectivity index (χ4v) is 1.68. The van der Waals surface area contributed by atoms with E-state index in [2.05, 4.69) is 9.72 Å². The highest BCUT2D eigenvalue weighted by molar-refractivity contribution is 5.91. The summed E-state index contributed by atoms with van der Waals surface area (Å²) in [5, 5.41) is 10.2. The molecule has 0 aliphatic heterocycles. The zero-order chi connectivity index (χ0) is 19.4. The Balaban J connectivity index is 3.37. The fourth-order valence-electron chi connectivity index (χ4n) is 1.68. The van der Waals surface area contributed by atoms with E-state index in [1.807, 2.05) is 6.07 Å². The zero-order valence-corrected chi connectivity index (χ0v) is 15.5. The van der Waals surface area contributed by atoms with Gasteiger partial charge in [-0.25, -0.2) is 14.6 Å². The zero-order valence-electron chi connectivity index (χ0n) is 15.5. The Bertz CT molecular complexity index is 696. The second kappa shape index (κ2) is 7.49. The van der Waals surface area contributed by atoms with E-state index in [0.717, 1.165) is 5.06 Å². The van der Waals surface area contributed by atoms with Crippen molar-refractivity contribution in [3.8, 4) is 6.07 Å². The van der Waals surface area contributed by atoms with Crippen LogP contribution in [0.1, 0.15) is 57.5 Å². The number of anilines is 1. The molecule has 0 saturated heterocycles. The smallest absolute Gasteiger partial charge is 0.440 e. The van der Waals surface area contributed by atoms with E-state index in [9.17, 15) is 14.9 Å². The van der Waals surface area contributed by atoms with Crippen LogP contribution in [0.15, 0.2) is 12.3 Å². The number of carbonyl (C=O) groups is 2. The molecule has 8 nitrogen and oxygen atoms in total. The SMILES string of the molecule is COC(=O)c1cnc(N(OC(C)(C)C)C(=O)OC(C)(C)C)c(C#N)c1. The number of nitriles is 1. The number of nitrogens with zero attached hydrogens (tertiary/aromatic N) is 3. The van der Waals surface area contributed by atoms with Crippen molar-refractivity contribution < 1.29 is 23.9 Å². The predicted molar refractivity (Wildman–Crippen MR) is 89.8 cm³/mol. The standard InChI is InChI=1S/C17H23N3O5/c1-16(2,3)24-15(22)20(25-17(4,5)6)13-11(9-18)8-12(10-19-13)14(21)23-7/h8,10H,1-7H3. The van der Waals surface area contributed by atoms with E-state index < -0.39 is 23.3 Å². The van der Waals surface area contributed by atoms with Crippen LogP contribution in [0.4, 0.5) is 10.6 Å². The highest BCUT2D eigenvalue weighted by Crippen LogP contribution is 2.25. The van der Waals surface area contributed by atoms with E-state index in [1.165, 1.54) is 19.4 Å². The van der Waals surface area contributed by atoms with Gasteiger partial charge in [0.2, 0.25) is 0 Å². The maximum absolute atomic E-state index is 12.5. The molecule has 1 aromatic rings. The van der Waals surface area contributed by atoms with E-state index in [-0.39, 0.29) is 16.9 Å². The molecule has 0 bridgehead atoms. The number of ether oxygens (including phenoxy) is 2. The van der Waals surface area contributed by atoms with Crippen LogP contribution in [0, 0.1) is 11.3 Å². The van der Waals surface area contributed by atoms with Crippen molar-refractivity contribution in [2.24, 2.45) is 0 Å². The third-order valence-electron chi connectivity index (χ3n) is 2.53. The molecule has 0 N–H and O–H groups in total. The molecule has 1 rings (SSSR count). The first-order chi connectivity index (χ1) is 11.4. The summed E-state index contributed by atoms with van der Waals surface area (Å²) in [6.45, 7) is 10.3. The minimum absolute atomic E-state index is 0.0296. The van der Waals surface area contributed by atoms with E-state index in [4.69, 9.17) is 9.57 Å². The van der Waals surface area contributed by atoms with Gasteiger partial charge >= 0.3 is 12.1 Å². The number of rotatable bonds is 3. The summed E-state index contributed by atoms with van der Waals surface area (Å²) in [5.41, 5.74) is -1.47. The Morgan fingerprint density at radius 1 is 1.16 bits per heavy atom. The molecule has 1 amide bonds. The van der Waals surface area contributed by atoms with Gasteiger partial charge in [0.15, 0.2) is 5.82 Å². The van der Waals surface area contributed by atoms with Crippen molar-refractivity contribution in [2.75, 3.05) is 12.2 Å². The number of esters is 1. The summed E-state index contributed by atoms with van der Waals surface area (Å²) in [6, 6.07) is 3.17. The number of hydrogen-bond acceptors (Lipinski definition) is 7. The van der Waals surface area contributed by atoms with Gasteiger partial charge in [-0.15, -0.1) is 5.06 Å². The van der Waals surface area contributed by atoms with Gasteiger partial charge in [0.25, 0.3) is 0 Å². The van der Waals surface area contributed by atoms with Crippen LogP contribution in [0.3, 0.4) is 0 Å². The number of hydroxylamine groups is 1. The van der Waals surface area contributed by atoms with Gasteiger partial charge in [0.1, 0.15) is 11.7 Å². The first kappa shape index (κ1) is 20.4. The fraction of sp³-hybridized carbons (Fsp3) is 0.529. The number of carbonyl (C=O) groups excluding carboxylic acids is 2. The summed E-state index contributed by atoms with van der Waals surface area (Å²) >= 11 is 0. The molecule has 1 aromatic heterocycles. The van der Waals surface area contributed by atoms with Crippen molar-refractivity contribution in [3.63, 3.8) is 0 Å². The molecule has 25 heavy (non-hydrogen) atoms. The molecule has 0 unspecified atom stereocenters. The van der Waals surface area contributed by atoms with Crippen LogP contribution >= 0.6 is 0 Å². The minimum Gasteiger partial charge on any atom is -0.465 e. The quantitative estimate of drug-likeness (QED) is 0.610. The number of amides is 1. The van der Waals surface area contributed by atoms with Gasteiger partial charge in [0.05, 0.1) is 23.8 Å². The van der Waals surface area contributed by atoms with Gasteiger partial charge in [0, 0.05) is 6.20 Å². The third kappa shape index (κ3) is 6.04. The summed E-state index contributed by atoms with van der Waals surface area (Å²) in [6.07, 6.45) is 0.378. The van der Waals surface area contributed by atoms with E-state index in [0.29, 0.717) is 0 Å². The summed E-state index contributed by atoms with van der Waals surface area (Å²) < 4.78 is 9.92. The second-order valence-electron chi connectivity index (χ2n) is 7.18. The van der Waals surface area contributed by atoms with Crippen LogP contribution in [-0.4, -0.2) is 35.4 Å². The molecular formula is C17H23N3O5. The Kier molecular flexibility index (Phi) is 6.10. The minimum atomic E-state index is -0.822. The van der Waals surface area contributed by atoms with Crippen molar-refractivity contribution >= 4 is 17.9 Å². The molecule has 0 atom stereocenters. The summed E-state index contributed by atoms with van der Waals surface area (Å²) in [4.78, 5) is 33.8. The molecule has 0 fully saturated rings. The largest absolute Gasteiger partial charge is 0.465 e. The second-order valence-corrected chi connectivity index (χ2v) is 7.18. The van der Waals surface area contributed by atoms with Crippen molar-refractivity contribution in [2.45, 2.75) is 52.7 Å². The first-order valence-electron chi connectivity index (χ1n) is 7.58. The molecule has 136 valence electrons. The topological polar surface area (TPSA) is 102 Å². The Morgan fingerprint density at radius 3 is 2.20 bits per heavy atom. The number of hydrogen-bond donors (Lipinski definition) is 0. The van der Waals surface area contributed by atoms with Gasteiger partial charge in [-0.05, 0) is 47.6 Å². The van der Waals surface area contributed by atoms with Crippen LogP contribution in [0.2, 0.25) is 0 Å². The average Bonchev–Trinajstić information content (AvgIpc) is 2.48. The van der Waals surface area contributed by atoms with Crippen LogP contribution in [-0.2, 0) is 14.3 Å². The normalized spacial score (nSPS) is 11.4. The van der Waals surface area contributed by atoms with Crippen molar-refractivity contribution in [3.05, 3.63) is 23.4 Å². The van der Waals surface area contributed by atoms with Crippen molar-refractivity contribution in [1.82, 2.24) is 4.98 Å². The molecule has 0 aromatic carbocycles. The lowest BCUT2D eigenvalue weighted by Crippen LogP contribution is -2.42. The lowest BCUT2D eigenvalue weighted by atomic mass is 10.2. The molecule has 0 radical (unpaired) electrons. The number of aromatic nitrogens is 1. The van der Waals surface area contributed by atoms with Gasteiger partial charge in [-0.1, -0.05) is 0 Å². The molecule has 0 aliphatic carbocycles. The first-order valence-corrected chi connectivity index (χ1v) is 7.58. The number of pyridine rings is 1. The van der Waals surface area contributed by atoms with Gasteiger partial charge in [-0.2, -0.15) is 5.26 Å². The monoisotopic (exact) mass is 349 g/mol. The maximum atomic E-state index is 12.5. The lowest BCUT2D eigenvalue weighted by Gasteiger charge is -2.31. The third-order valence-corrected chi connectivity index (χ3v) is 2.53. The molecule has 1 heterocycles. The number of methoxy groups -OCH3 is 1. The molecule has 0 aliphatic rings. The highest BCUT2D eigenvalue weighted by atomic mass is 16.7. The predicted octanol–water partition coefficient (Wildman–Crippen LogP) is 3.21. The molecular weight excluding hydrogens is 326 g/mol. The Hall–Kier alpha value is -2.66. The Morgan fingerprint density at radius 2 is 1.76 bits per heavy atom. The Labute approximate surface area is 147 Å². The van der Waals surface area contributed by atoms with Crippen LogP contribution < -0.4 is 5.06 Å². The van der Waals surface area contributed by atoms with E-state index >= 15 is 0 Å². The lowest BCUT2D eigenvalue weighted by molar-refractivity contribution is -0.0364. The van der Waals surface area contributed by atoms with E-state index in [1.54, 1.807) is 41.5 Å². The maximum Gasteiger partial charge on any atom is 0.440 e. The molecule has 0 saturated carbocycles.